The Kier molecular flexibility index (Phi) is 39.0. The SMILES string of the molecule is CCCCC/C=C/C/C=C/CCCCCCCC(=O)OC[C@H](COP(=O)(O)OCCN)OC(=O)CCCCCCCCCCCCCCCCCCC. The molecule has 0 aliphatic rings. The number of nitrogens with two attached hydrogens (primary N) is 1. The first-order valence-corrected chi connectivity index (χ1v) is 23.3. The van der Waals surface area contributed by atoms with Gasteiger partial charge in [-0.05, 0) is 44.9 Å². The minimum Gasteiger partial charge on any atom is -0.462 e. The first-order chi connectivity index (χ1) is 25.8. The van der Waals surface area contributed by atoms with Crippen LogP contribution in [-0.4, -0.2) is 49.3 Å². The minimum atomic E-state index is -4.37. The maximum atomic E-state index is 12.6. The maximum Gasteiger partial charge on any atom is 0.472 e. The van der Waals surface area contributed by atoms with Gasteiger partial charge in [0.05, 0.1) is 13.2 Å². The number of unbranched alkanes of at least 4 members (excludes halogenated alkanes) is 24. The summed E-state index contributed by atoms with van der Waals surface area (Å²) in [6.45, 7) is 3.71. The van der Waals surface area contributed by atoms with Crippen LogP contribution in [0.4, 0.5) is 0 Å². The normalized spacial score (nSPS) is 13.5. The van der Waals surface area contributed by atoms with E-state index < -0.39 is 32.5 Å². The molecule has 10 heteroatoms. The van der Waals surface area contributed by atoms with E-state index in [1.807, 2.05) is 0 Å². The summed E-state index contributed by atoms with van der Waals surface area (Å²) in [6.07, 6.45) is 42.0. The first-order valence-electron chi connectivity index (χ1n) is 21.8. The van der Waals surface area contributed by atoms with E-state index in [4.69, 9.17) is 24.3 Å². The van der Waals surface area contributed by atoms with Gasteiger partial charge in [0.15, 0.2) is 6.10 Å². The first kappa shape index (κ1) is 51.5. The van der Waals surface area contributed by atoms with Crippen LogP contribution in [0.15, 0.2) is 24.3 Å². The van der Waals surface area contributed by atoms with Crippen molar-refractivity contribution in [3.63, 3.8) is 0 Å². The van der Waals surface area contributed by atoms with Gasteiger partial charge in [0.25, 0.3) is 0 Å². The predicted octanol–water partition coefficient (Wildman–Crippen LogP) is 12.4. The van der Waals surface area contributed by atoms with Crippen LogP contribution in [0.2, 0.25) is 0 Å². The zero-order chi connectivity index (χ0) is 38.9. The van der Waals surface area contributed by atoms with Gasteiger partial charge in [-0.15, -0.1) is 0 Å². The lowest BCUT2D eigenvalue weighted by Crippen LogP contribution is -2.29. The van der Waals surface area contributed by atoms with E-state index in [1.54, 1.807) is 0 Å². The Morgan fingerprint density at radius 1 is 0.566 bits per heavy atom. The molecule has 0 radical (unpaired) electrons. The second-order valence-electron chi connectivity index (χ2n) is 14.6. The van der Waals surface area contributed by atoms with Crippen molar-refractivity contribution in [1.29, 1.82) is 0 Å². The van der Waals surface area contributed by atoms with Crippen molar-refractivity contribution < 1.29 is 37.6 Å². The lowest BCUT2D eigenvalue weighted by molar-refractivity contribution is -0.161. The van der Waals surface area contributed by atoms with E-state index in [0.29, 0.717) is 6.42 Å². The number of ether oxygens (including phenoxy) is 2. The summed E-state index contributed by atoms with van der Waals surface area (Å²) in [5, 5.41) is 0. The molecule has 0 heterocycles. The van der Waals surface area contributed by atoms with Crippen LogP contribution in [0.25, 0.3) is 0 Å². The van der Waals surface area contributed by atoms with E-state index in [9.17, 15) is 19.0 Å². The largest absolute Gasteiger partial charge is 0.472 e. The quantitative estimate of drug-likeness (QED) is 0.0269. The molecular formula is C43H82NO8P. The summed E-state index contributed by atoms with van der Waals surface area (Å²) < 4.78 is 32.8. The van der Waals surface area contributed by atoms with Gasteiger partial charge in [-0.25, -0.2) is 4.57 Å². The van der Waals surface area contributed by atoms with Gasteiger partial charge in [0.2, 0.25) is 0 Å². The highest BCUT2D eigenvalue weighted by molar-refractivity contribution is 7.47. The van der Waals surface area contributed by atoms with E-state index in [2.05, 4.69) is 38.2 Å². The molecule has 312 valence electrons. The molecule has 0 aromatic rings. The molecule has 0 aliphatic heterocycles. The van der Waals surface area contributed by atoms with Crippen molar-refractivity contribution in [1.82, 2.24) is 0 Å². The lowest BCUT2D eigenvalue weighted by Gasteiger charge is -2.19. The van der Waals surface area contributed by atoms with E-state index in [0.717, 1.165) is 57.8 Å². The topological polar surface area (TPSA) is 134 Å². The van der Waals surface area contributed by atoms with Crippen LogP contribution in [0, 0.1) is 0 Å². The fourth-order valence-corrected chi connectivity index (χ4v) is 6.84. The lowest BCUT2D eigenvalue weighted by atomic mass is 10.0. The number of carbonyl (C=O) groups excluding carboxylic acids is 2. The van der Waals surface area contributed by atoms with Gasteiger partial charge in [-0.3, -0.25) is 18.6 Å². The van der Waals surface area contributed by atoms with Crippen molar-refractivity contribution in [3.8, 4) is 0 Å². The third-order valence-corrected chi connectivity index (χ3v) is 10.3. The number of hydrogen-bond acceptors (Lipinski definition) is 8. The van der Waals surface area contributed by atoms with Crippen molar-refractivity contribution in [3.05, 3.63) is 24.3 Å². The summed E-state index contributed by atoms with van der Waals surface area (Å²) in [5.41, 5.74) is 5.35. The van der Waals surface area contributed by atoms with Gasteiger partial charge in [-0.2, -0.15) is 0 Å². The molecule has 0 spiro atoms. The molecule has 0 saturated heterocycles. The van der Waals surface area contributed by atoms with Gasteiger partial charge in [-0.1, -0.05) is 173 Å². The fraction of sp³-hybridized carbons (Fsp3) is 0.860. The van der Waals surface area contributed by atoms with Gasteiger partial charge in [0.1, 0.15) is 6.61 Å². The Morgan fingerprint density at radius 2 is 0.981 bits per heavy atom. The number of rotatable bonds is 41. The van der Waals surface area contributed by atoms with Crippen molar-refractivity contribution >= 4 is 19.8 Å². The van der Waals surface area contributed by atoms with Gasteiger partial charge < -0.3 is 20.1 Å². The second-order valence-corrected chi connectivity index (χ2v) is 16.0. The summed E-state index contributed by atoms with van der Waals surface area (Å²) in [6, 6.07) is 0. The third kappa shape index (κ3) is 40.0. The standard InChI is InChI=1S/C43H82NO8P/c1-3-5-7-9-11-13-15-17-19-20-22-24-26-28-30-32-34-36-43(46)52-41(40-51-53(47,48)50-38-37-44)39-49-42(45)35-33-31-29-27-25-23-21-18-16-14-12-10-8-6-4-2/h12,14,18,21,41H,3-11,13,15-17,19-20,22-40,44H2,1-2H3,(H,47,48)/b14-12+,21-18+/t41-/m1/s1. The van der Waals surface area contributed by atoms with Crippen LogP contribution >= 0.6 is 7.82 Å². The van der Waals surface area contributed by atoms with Crippen LogP contribution in [0.5, 0.6) is 0 Å². The molecule has 0 fully saturated rings. The molecule has 2 atom stereocenters. The molecular weight excluding hydrogens is 689 g/mol. The summed E-state index contributed by atoms with van der Waals surface area (Å²) in [5.74, 6) is -0.837. The second kappa shape index (κ2) is 40.2. The molecule has 9 nitrogen and oxygen atoms in total. The highest BCUT2D eigenvalue weighted by Gasteiger charge is 2.26. The van der Waals surface area contributed by atoms with Gasteiger partial charge >= 0.3 is 19.8 Å². The molecule has 1 unspecified atom stereocenters. The van der Waals surface area contributed by atoms with Gasteiger partial charge in [0, 0.05) is 19.4 Å². The van der Waals surface area contributed by atoms with E-state index >= 15 is 0 Å². The Bertz CT molecular complexity index is 928. The molecule has 0 rings (SSSR count). The Balaban J connectivity index is 4.14. The maximum absolute atomic E-state index is 12.6. The van der Waals surface area contributed by atoms with E-state index in [-0.39, 0.29) is 32.6 Å². The van der Waals surface area contributed by atoms with Crippen LogP contribution < -0.4 is 5.73 Å². The molecule has 0 aromatic carbocycles. The van der Waals surface area contributed by atoms with Crippen molar-refractivity contribution in [2.45, 2.75) is 213 Å². The number of esters is 2. The third-order valence-electron chi connectivity index (χ3n) is 9.34. The molecule has 0 amide bonds. The average Bonchev–Trinajstić information content (AvgIpc) is 3.14. The summed E-state index contributed by atoms with van der Waals surface area (Å²) in [4.78, 5) is 34.8. The number of phosphoric ester groups is 1. The predicted molar refractivity (Wildman–Crippen MR) is 220 cm³/mol. The number of phosphoric acid groups is 1. The Labute approximate surface area is 325 Å². The highest BCUT2D eigenvalue weighted by atomic mass is 31.2. The molecule has 53 heavy (non-hydrogen) atoms. The number of allylic oxidation sites excluding steroid dienone is 4. The molecule has 0 bridgehead atoms. The zero-order valence-electron chi connectivity index (χ0n) is 34.3. The molecule has 0 aromatic heterocycles. The molecule has 0 saturated carbocycles. The van der Waals surface area contributed by atoms with Crippen LogP contribution in [0.3, 0.4) is 0 Å². The summed E-state index contributed by atoms with van der Waals surface area (Å²) in [7, 11) is -4.37. The summed E-state index contributed by atoms with van der Waals surface area (Å²) >= 11 is 0. The van der Waals surface area contributed by atoms with Crippen LogP contribution in [-0.2, 0) is 32.7 Å². The number of carbonyl (C=O) groups is 2. The molecule has 0 aliphatic carbocycles. The number of hydrogen-bond donors (Lipinski definition) is 2. The smallest absolute Gasteiger partial charge is 0.462 e. The van der Waals surface area contributed by atoms with E-state index in [1.165, 1.54) is 116 Å². The fourth-order valence-electron chi connectivity index (χ4n) is 6.08. The molecule has 3 N–H and O–H groups in total. The van der Waals surface area contributed by atoms with Crippen LogP contribution in [0.1, 0.15) is 206 Å². The van der Waals surface area contributed by atoms with Crippen molar-refractivity contribution in [2.75, 3.05) is 26.4 Å². The Hall–Kier alpha value is -1.51. The zero-order valence-corrected chi connectivity index (χ0v) is 35.2. The minimum absolute atomic E-state index is 0.0530. The average molecular weight is 772 g/mol. The van der Waals surface area contributed by atoms with Crippen molar-refractivity contribution in [2.24, 2.45) is 5.73 Å². The monoisotopic (exact) mass is 772 g/mol. The Morgan fingerprint density at radius 3 is 1.47 bits per heavy atom. The highest BCUT2D eigenvalue weighted by Crippen LogP contribution is 2.43.